The fourth-order valence-corrected chi connectivity index (χ4v) is 14.3. The normalized spacial score (nSPS) is 11.6. The highest BCUT2D eigenvalue weighted by Gasteiger charge is 2.15. The summed E-state index contributed by atoms with van der Waals surface area (Å²) < 4.78 is 11.8. The van der Waals surface area contributed by atoms with Gasteiger partial charge in [-0.1, -0.05) is 326 Å². The monoisotopic (exact) mass is 1310 g/mol. The van der Waals surface area contributed by atoms with Crippen LogP contribution in [-0.4, -0.2) is 35.9 Å². The number of rotatable bonds is 56. The molecule has 0 aromatic heterocycles. The molecule has 0 unspecified atom stereocenters. The third kappa shape index (κ3) is 35.5. The predicted octanol–water partition coefficient (Wildman–Crippen LogP) is 28.2. The van der Waals surface area contributed by atoms with E-state index in [4.69, 9.17) is 19.5 Å². The fraction of sp³-hybridized carbons (Fsp3) is 0.558. The van der Waals surface area contributed by atoms with Crippen LogP contribution in [0.4, 0.5) is 11.4 Å². The van der Waals surface area contributed by atoms with E-state index in [0.717, 1.165) is 39.4 Å². The van der Waals surface area contributed by atoms with E-state index in [1.54, 1.807) is 42.5 Å². The van der Waals surface area contributed by atoms with Crippen LogP contribution in [0.1, 0.15) is 328 Å². The molecule has 0 heterocycles. The number of carbonyl (C=O) groups excluding carboxylic acids is 2. The van der Waals surface area contributed by atoms with E-state index in [0.29, 0.717) is 28.0 Å². The first-order valence-corrected chi connectivity index (χ1v) is 40.2. The van der Waals surface area contributed by atoms with Crippen LogP contribution < -0.4 is 9.47 Å². The van der Waals surface area contributed by atoms with E-state index in [1.165, 1.54) is 292 Å². The second-order valence-corrected chi connectivity index (χ2v) is 29.0. The lowest BCUT2D eigenvalue weighted by molar-refractivity contribution is 0.0724. The molecule has 0 N–H and O–H groups in total. The molecule has 0 saturated carbocycles. The minimum absolute atomic E-state index is 0.350. The number of nitrogens with zero attached hydrogens (tertiary/aromatic N) is 2. The van der Waals surface area contributed by atoms with Crippen molar-refractivity contribution in [2.45, 2.75) is 306 Å². The number of esters is 2. The van der Waals surface area contributed by atoms with Crippen molar-refractivity contribution in [1.82, 2.24) is 0 Å². The van der Waals surface area contributed by atoms with Gasteiger partial charge in [-0.25, -0.2) is 9.59 Å². The zero-order valence-corrected chi connectivity index (χ0v) is 60.4. The first-order chi connectivity index (χ1) is 46.5. The molecule has 0 spiro atoms. The Hall–Kier alpha value is -5.44. The lowest BCUT2D eigenvalue weighted by atomic mass is 10.0. The highest BCUT2D eigenvalue weighted by Crippen LogP contribution is 2.32. The topological polar surface area (TPSA) is 77.3 Å². The van der Waals surface area contributed by atoms with Gasteiger partial charge in [0.2, 0.25) is 0 Å². The fourth-order valence-electron chi connectivity index (χ4n) is 12.5. The van der Waals surface area contributed by atoms with Gasteiger partial charge in [-0.2, -0.15) is 0 Å². The Labute approximate surface area is 580 Å². The number of carbonyl (C=O) groups is 2. The molecule has 6 aromatic rings. The molecule has 0 radical (unpaired) electrons. The van der Waals surface area contributed by atoms with Crippen LogP contribution in [0.5, 0.6) is 11.5 Å². The number of ether oxygens (including phenoxy) is 2. The van der Waals surface area contributed by atoms with Gasteiger partial charge in [0.1, 0.15) is 11.5 Å². The van der Waals surface area contributed by atoms with Crippen LogP contribution in [0.2, 0.25) is 0 Å². The Morgan fingerprint density at radius 2 is 0.638 bits per heavy atom. The predicted molar refractivity (Wildman–Crippen MR) is 410 cm³/mol. The lowest BCUT2D eigenvalue weighted by Gasteiger charge is -2.10. The van der Waals surface area contributed by atoms with Crippen LogP contribution in [0.25, 0.3) is 10.8 Å². The third-order valence-electron chi connectivity index (χ3n) is 18.5. The van der Waals surface area contributed by atoms with Crippen molar-refractivity contribution in [2.75, 3.05) is 11.5 Å². The summed E-state index contributed by atoms with van der Waals surface area (Å²) in [5.41, 5.74) is 4.37. The summed E-state index contributed by atoms with van der Waals surface area (Å²) >= 11 is 3.86. The third-order valence-corrected chi connectivity index (χ3v) is 20.6. The number of fused-ring (bicyclic) bond motifs is 1. The zero-order chi connectivity index (χ0) is 65.8. The van der Waals surface area contributed by atoms with Crippen molar-refractivity contribution < 1.29 is 19.1 Å². The minimum Gasteiger partial charge on any atom is -0.423 e. The number of thioether (sulfide) groups is 2. The average Bonchev–Trinajstić information content (AvgIpc) is 0.940. The number of hydrogen-bond donors (Lipinski definition) is 0. The maximum absolute atomic E-state index is 13.5. The highest BCUT2D eigenvalue weighted by molar-refractivity contribution is 7.99. The van der Waals surface area contributed by atoms with E-state index in [1.807, 2.05) is 78.4 Å². The molecular weight excluding hydrogens is 1190 g/mol. The average molecular weight is 1310 g/mol. The molecule has 0 amide bonds. The summed E-state index contributed by atoms with van der Waals surface area (Å²) in [5.74, 6) is 2.06. The first kappa shape index (κ1) is 77.6. The van der Waals surface area contributed by atoms with Crippen molar-refractivity contribution in [3.63, 3.8) is 0 Å². The summed E-state index contributed by atoms with van der Waals surface area (Å²) in [6.07, 6.45) is 65.9. The van der Waals surface area contributed by atoms with Gasteiger partial charge in [0.05, 0.1) is 22.5 Å². The first-order valence-electron chi connectivity index (χ1n) is 38.2. The Morgan fingerprint density at radius 1 is 0.330 bits per heavy atom. The van der Waals surface area contributed by atoms with E-state index < -0.39 is 11.9 Å². The van der Waals surface area contributed by atoms with E-state index in [-0.39, 0.29) is 0 Å². The maximum Gasteiger partial charge on any atom is 0.343 e. The molecule has 0 atom stereocenters. The van der Waals surface area contributed by atoms with Crippen LogP contribution in [0.3, 0.4) is 0 Å². The molecule has 0 saturated heterocycles. The molecule has 6 nitrogen and oxygen atoms in total. The SMILES string of the molecule is CCCCCCCCCCCCCCCCCCCCCCCCSc1ccc(N=Cc2ccc(C(=O)Oc3ccc4cccc(OC(=O)c5ccc(C=Nc6ccc(SCCCCCCCCCCCCCCCCCCCCCCCC)cc6)cc5)c4c3)cc2)cc1. The number of unbranched alkanes of at least 4 members (excludes halogenated alkanes) is 42. The van der Waals surface area contributed by atoms with Gasteiger partial charge in [0.25, 0.3) is 0 Å². The summed E-state index contributed by atoms with van der Waals surface area (Å²) in [6.45, 7) is 4.60. The molecule has 0 aliphatic rings. The van der Waals surface area contributed by atoms with Gasteiger partial charge in [-0.15, -0.1) is 23.5 Å². The van der Waals surface area contributed by atoms with Crippen LogP contribution in [-0.2, 0) is 0 Å². The van der Waals surface area contributed by atoms with Crippen LogP contribution >= 0.6 is 23.5 Å². The van der Waals surface area contributed by atoms with E-state index in [9.17, 15) is 9.59 Å². The van der Waals surface area contributed by atoms with Gasteiger partial charge in [-0.3, -0.25) is 9.98 Å². The Morgan fingerprint density at radius 3 is 0.968 bits per heavy atom. The molecule has 512 valence electrons. The van der Waals surface area contributed by atoms with Gasteiger partial charge in [0.15, 0.2) is 0 Å². The van der Waals surface area contributed by atoms with Crippen molar-refractivity contribution in [3.8, 4) is 11.5 Å². The number of aliphatic imine (C=N–C) groups is 2. The molecule has 0 aliphatic carbocycles. The molecule has 94 heavy (non-hydrogen) atoms. The maximum atomic E-state index is 13.5. The standard InChI is InChI=1S/C86H122N2O4S2/c1-3-5-7-9-11-13-15-17-19-21-23-25-27-29-31-33-35-37-39-41-43-45-68-93-81-64-59-78(60-65-81)87-71-73-50-54-76(55-51-73)85(89)91-80-63-58-75-48-47-49-84(83(75)70-80)92-86(90)77-56-52-74(53-57-77)72-88-79-61-66-82(67-62-79)94-69-46-44-42-40-38-36-34-32-30-28-26-24-22-20-18-16-14-12-10-8-6-4-2/h47-67,70-72H,3-46,68-69H2,1-2H3. The van der Waals surface area contributed by atoms with E-state index >= 15 is 0 Å². The summed E-state index contributed by atoms with van der Waals surface area (Å²) in [4.78, 5) is 38.7. The summed E-state index contributed by atoms with van der Waals surface area (Å²) in [7, 11) is 0. The lowest BCUT2D eigenvalue weighted by Crippen LogP contribution is -2.09. The van der Waals surface area contributed by atoms with Gasteiger partial charge in [0, 0.05) is 27.6 Å². The molecular formula is C86H122N2O4S2. The highest BCUT2D eigenvalue weighted by atomic mass is 32.2. The van der Waals surface area contributed by atoms with Crippen LogP contribution in [0, 0.1) is 0 Å². The number of benzene rings is 6. The van der Waals surface area contributed by atoms with Crippen molar-refractivity contribution >= 4 is 70.0 Å². The zero-order valence-electron chi connectivity index (χ0n) is 58.7. The second-order valence-electron chi connectivity index (χ2n) is 26.7. The summed E-state index contributed by atoms with van der Waals surface area (Å²) in [5, 5.41) is 1.51. The second kappa shape index (κ2) is 51.8. The van der Waals surface area contributed by atoms with Crippen molar-refractivity contribution in [3.05, 3.63) is 156 Å². The van der Waals surface area contributed by atoms with Crippen molar-refractivity contribution in [1.29, 1.82) is 0 Å². The Bertz CT molecular complexity index is 2940. The van der Waals surface area contributed by atoms with Crippen molar-refractivity contribution in [2.24, 2.45) is 9.98 Å². The smallest absolute Gasteiger partial charge is 0.343 e. The van der Waals surface area contributed by atoms with Gasteiger partial charge >= 0.3 is 11.9 Å². The Kier molecular flexibility index (Phi) is 42.7. The van der Waals surface area contributed by atoms with Gasteiger partial charge in [-0.05, 0) is 132 Å². The molecule has 0 fully saturated rings. The molecule has 8 heteroatoms. The van der Waals surface area contributed by atoms with E-state index in [2.05, 4.69) is 62.4 Å². The largest absolute Gasteiger partial charge is 0.423 e. The van der Waals surface area contributed by atoms with Gasteiger partial charge < -0.3 is 9.47 Å². The molecule has 6 aromatic carbocycles. The quantitative estimate of drug-likeness (QED) is 0.0124. The number of hydrogen-bond acceptors (Lipinski definition) is 8. The summed E-state index contributed by atoms with van der Waals surface area (Å²) in [6, 6.07) is 42.2. The molecule has 0 bridgehead atoms. The molecule has 0 aliphatic heterocycles. The Balaban J connectivity index is 0.772. The minimum atomic E-state index is -0.484. The molecule has 6 rings (SSSR count). The van der Waals surface area contributed by atoms with Crippen LogP contribution in [0.15, 0.2) is 153 Å².